The Morgan fingerprint density at radius 3 is 2.65 bits per heavy atom. The van der Waals surface area contributed by atoms with Crippen LogP contribution >= 0.6 is 0 Å². The lowest BCUT2D eigenvalue weighted by Crippen LogP contribution is -2.21. The highest BCUT2D eigenvalue weighted by Crippen LogP contribution is 2.29. The van der Waals surface area contributed by atoms with E-state index >= 15 is 0 Å². The zero-order valence-electron chi connectivity index (χ0n) is 13.1. The number of methoxy groups -OCH3 is 1. The van der Waals surface area contributed by atoms with E-state index in [-0.39, 0.29) is 17.5 Å². The molecule has 124 valence electrons. The van der Waals surface area contributed by atoms with Crippen LogP contribution in [0.3, 0.4) is 0 Å². The van der Waals surface area contributed by atoms with Gasteiger partial charge in [-0.1, -0.05) is 42.5 Å². The molecular formula is C16H19F2N3O2. The van der Waals surface area contributed by atoms with E-state index in [1.807, 2.05) is 6.92 Å². The van der Waals surface area contributed by atoms with Gasteiger partial charge in [0.2, 0.25) is 0 Å². The summed E-state index contributed by atoms with van der Waals surface area (Å²) in [7, 11) is 1.32. The fraction of sp³-hybridized carbons (Fsp3) is 0.438. The van der Waals surface area contributed by atoms with Gasteiger partial charge in [-0.25, -0.2) is 4.68 Å². The van der Waals surface area contributed by atoms with Crippen LogP contribution < -0.4 is 0 Å². The fourth-order valence-electron chi connectivity index (χ4n) is 2.30. The second-order valence-electron chi connectivity index (χ2n) is 5.31. The van der Waals surface area contributed by atoms with Crippen LogP contribution in [0.5, 0.6) is 0 Å². The van der Waals surface area contributed by atoms with E-state index in [0.717, 1.165) is 4.68 Å². The minimum atomic E-state index is -3.04. The number of nitrogens with zero attached hydrogens (tertiary/aromatic N) is 3. The van der Waals surface area contributed by atoms with Gasteiger partial charge < -0.3 is 4.74 Å². The number of rotatable bonds is 7. The van der Waals surface area contributed by atoms with Crippen LogP contribution in [0, 0.1) is 5.92 Å². The maximum absolute atomic E-state index is 14.2. The first kappa shape index (κ1) is 17.1. The molecule has 0 saturated heterocycles. The highest BCUT2D eigenvalue weighted by molar-refractivity contribution is 5.72. The SMILES string of the molecule is CCC(Cc1cn(CC(F)(F)c2ccccc2)nn1)C(=O)OC. The van der Waals surface area contributed by atoms with Gasteiger partial charge in [0.15, 0.2) is 0 Å². The van der Waals surface area contributed by atoms with Crippen LogP contribution in [0.1, 0.15) is 24.6 Å². The molecule has 2 aromatic rings. The molecule has 0 aliphatic rings. The molecule has 0 aliphatic carbocycles. The first-order valence-corrected chi connectivity index (χ1v) is 7.36. The predicted molar refractivity (Wildman–Crippen MR) is 79.9 cm³/mol. The smallest absolute Gasteiger partial charge is 0.309 e. The van der Waals surface area contributed by atoms with Gasteiger partial charge in [0.1, 0.15) is 6.54 Å². The summed E-state index contributed by atoms with van der Waals surface area (Å²) in [5.41, 5.74) is 0.421. The van der Waals surface area contributed by atoms with Crippen molar-refractivity contribution in [1.82, 2.24) is 15.0 Å². The van der Waals surface area contributed by atoms with Gasteiger partial charge in [0, 0.05) is 18.2 Å². The summed E-state index contributed by atoms with van der Waals surface area (Å²) < 4.78 is 34.2. The zero-order valence-corrected chi connectivity index (χ0v) is 13.1. The second kappa shape index (κ2) is 7.30. The third-order valence-corrected chi connectivity index (χ3v) is 3.63. The molecule has 0 bridgehead atoms. The van der Waals surface area contributed by atoms with Crippen molar-refractivity contribution in [3.8, 4) is 0 Å². The number of ether oxygens (including phenoxy) is 1. The molecule has 0 N–H and O–H groups in total. The number of halogens is 2. The number of carbonyl (C=O) groups excluding carboxylic acids is 1. The molecule has 1 heterocycles. The van der Waals surface area contributed by atoms with Crippen LogP contribution in [0.4, 0.5) is 8.78 Å². The van der Waals surface area contributed by atoms with Crippen molar-refractivity contribution in [3.05, 3.63) is 47.8 Å². The summed E-state index contributed by atoms with van der Waals surface area (Å²) in [5.74, 6) is -3.73. The van der Waals surface area contributed by atoms with Crippen molar-refractivity contribution < 1.29 is 18.3 Å². The van der Waals surface area contributed by atoms with E-state index in [1.54, 1.807) is 18.2 Å². The Hall–Kier alpha value is -2.31. The quantitative estimate of drug-likeness (QED) is 0.735. The van der Waals surface area contributed by atoms with Crippen molar-refractivity contribution in [2.45, 2.75) is 32.2 Å². The molecule has 2 rings (SSSR count). The molecular weight excluding hydrogens is 304 g/mol. The van der Waals surface area contributed by atoms with Gasteiger partial charge >= 0.3 is 5.97 Å². The largest absolute Gasteiger partial charge is 0.469 e. The van der Waals surface area contributed by atoms with Crippen LogP contribution in [-0.2, 0) is 28.4 Å². The standard InChI is InChI=1S/C16H19F2N3O2/c1-3-12(15(22)23-2)9-14-10-21(20-19-14)11-16(17,18)13-7-5-4-6-8-13/h4-8,10,12H,3,9,11H2,1-2H3. The lowest BCUT2D eigenvalue weighted by atomic mass is 10.0. The molecule has 0 amide bonds. The minimum absolute atomic E-state index is 0.0713. The molecule has 1 unspecified atom stereocenters. The van der Waals surface area contributed by atoms with Crippen molar-refractivity contribution in [3.63, 3.8) is 0 Å². The first-order valence-electron chi connectivity index (χ1n) is 7.36. The molecule has 1 aromatic carbocycles. The van der Waals surface area contributed by atoms with E-state index in [1.165, 1.54) is 25.4 Å². The minimum Gasteiger partial charge on any atom is -0.469 e. The van der Waals surface area contributed by atoms with Crippen molar-refractivity contribution >= 4 is 5.97 Å². The highest BCUT2D eigenvalue weighted by Gasteiger charge is 2.32. The van der Waals surface area contributed by atoms with Gasteiger partial charge in [-0.3, -0.25) is 4.79 Å². The van der Waals surface area contributed by atoms with E-state index in [9.17, 15) is 13.6 Å². The van der Waals surface area contributed by atoms with Crippen molar-refractivity contribution in [1.29, 1.82) is 0 Å². The average Bonchev–Trinajstić information content (AvgIpc) is 2.99. The monoisotopic (exact) mass is 323 g/mol. The Labute approximate surface area is 133 Å². The third-order valence-electron chi connectivity index (χ3n) is 3.63. The Morgan fingerprint density at radius 2 is 2.04 bits per heavy atom. The maximum Gasteiger partial charge on any atom is 0.309 e. The number of carbonyl (C=O) groups is 1. The Kier molecular flexibility index (Phi) is 5.41. The number of aromatic nitrogens is 3. The van der Waals surface area contributed by atoms with E-state index < -0.39 is 12.5 Å². The molecule has 0 aliphatic heterocycles. The molecule has 5 nitrogen and oxygen atoms in total. The van der Waals surface area contributed by atoms with E-state index in [4.69, 9.17) is 4.74 Å². The van der Waals surface area contributed by atoms with E-state index in [2.05, 4.69) is 10.3 Å². The summed E-state index contributed by atoms with van der Waals surface area (Å²) >= 11 is 0. The van der Waals surface area contributed by atoms with Crippen LogP contribution in [0.2, 0.25) is 0 Å². The van der Waals surface area contributed by atoms with Crippen LogP contribution in [0.25, 0.3) is 0 Å². The van der Waals surface area contributed by atoms with Crippen molar-refractivity contribution in [2.75, 3.05) is 7.11 Å². The van der Waals surface area contributed by atoms with Gasteiger partial charge in [0.05, 0.1) is 18.7 Å². The number of hydrogen-bond donors (Lipinski definition) is 0. The lowest BCUT2D eigenvalue weighted by Gasteiger charge is -2.16. The maximum atomic E-state index is 14.2. The normalized spacial score (nSPS) is 12.9. The average molecular weight is 323 g/mol. The van der Waals surface area contributed by atoms with E-state index in [0.29, 0.717) is 18.5 Å². The molecule has 1 aromatic heterocycles. The highest BCUT2D eigenvalue weighted by atomic mass is 19.3. The number of alkyl halides is 2. The summed E-state index contributed by atoms with van der Waals surface area (Å²) in [6.07, 6.45) is 2.35. The Balaban J connectivity index is 2.06. The molecule has 0 fully saturated rings. The predicted octanol–water partition coefficient (Wildman–Crippen LogP) is 2.81. The summed E-state index contributed by atoms with van der Waals surface area (Å²) in [6.45, 7) is 1.26. The molecule has 0 saturated carbocycles. The molecule has 23 heavy (non-hydrogen) atoms. The zero-order chi connectivity index (χ0) is 16.9. The molecule has 7 heteroatoms. The first-order chi connectivity index (χ1) is 11.0. The Morgan fingerprint density at radius 1 is 1.35 bits per heavy atom. The Bertz CT molecular complexity index is 644. The summed E-state index contributed by atoms with van der Waals surface area (Å²) in [5, 5.41) is 7.60. The molecule has 1 atom stereocenters. The molecule has 0 spiro atoms. The number of esters is 1. The molecule has 0 radical (unpaired) electrons. The second-order valence-corrected chi connectivity index (χ2v) is 5.31. The van der Waals surface area contributed by atoms with Gasteiger partial charge in [-0.05, 0) is 6.42 Å². The topological polar surface area (TPSA) is 57.0 Å². The number of benzene rings is 1. The summed E-state index contributed by atoms with van der Waals surface area (Å²) in [4.78, 5) is 11.6. The van der Waals surface area contributed by atoms with Gasteiger partial charge in [0.25, 0.3) is 5.92 Å². The fourth-order valence-corrected chi connectivity index (χ4v) is 2.30. The number of hydrogen-bond acceptors (Lipinski definition) is 4. The summed E-state index contributed by atoms with van der Waals surface area (Å²) in [6, 6.07) is 7.58. The van der Waals surface area contributed by atoms with Crippen LogP contribution in [0.15, 0.2) is 36.5 Å². The van der Waals surface area contributed by atoms with Gasteiger partial charge in [-0.15, -0.1) is 5.10 Å². The van der Waals surface area contributed by atoms with Gasteiger partial charge in [-0.2, -0.15) is 8.78 Å². The van der Waals surface area contributed by atoms with Crippen LogP contribution in [-0.4, -0.2) is 28.1 Å². The lowest BCUT2D eigenvalue weighted by molar-refractivity contribution is -0.145. The van der Waals surface area contributed by atoms with Crippen molar-refractivity contribution in [2.24, 2.45) is 5.92 Å². The third kappa shape index (κ3) is 4.34.